The second-order valence-electron chi connectivity index (χ2n) is 2.90. The Balaban J connectivity index is 2.59. The van der Waals surface area contributed by atoms with Crippen LogP contribution in [-0.4, -0.2) is 16.5 Å². The van der Waals surface area contributed by atoms with E-state index < -0.39 is 0 Å². The zero-order valence-corrected chi connectivity index (χ0v) is 8.23. The minimum Gasteiger partial charge on any atom is -0.507 e. The molecule has 0 amide bonds. The first-order valence-corrected chi connectivity index (χ1v) is 4.48. The molecule has 2 rings (SSSR count). The number of benzene rings is 1. The van der Waals surface area contributed by atoms with Crippen LogP contribution in [0.2, 0.25) is 5.02 Å². The van der Waals surface area contributed by atoms with Crippen LogP contribution >= 0.6 is 11.6 Å². The Hall–Kier alpha value is -1.81. The number of aldehydes is 1. The molecule has 0 aliphatic rings. The average molecular weight is 224 g/mol. The number of hydrogen-bond acceptors (Lipinski definition) is 4. The van der Waals surface area contributed by atoms with E-state index in [0.717, 1.165) is 0 Å². The van der Waals surface area contributed by atoms with E-state index in [1.807, 2.05) is 0 Å². The number of phenols is 1. The quantitative estimate of drug-likeness (QED) is 0.795. The third-order valence-electron chi connectivity index (χ3n) is 1.94. The lowest BCUT2D eigenvalue weighted by Crippen LogP contribution is -1.84. The number of aromatic hydroxyl groups is 1. The van der Waals surface area contributed by atoms with Crippen LogP contribution in [0.5, 0.6) is 5.75 Å². The van der Waals surface area contributed by atoms with Crippen LogP contribution in [0.25, 0.3) is 11.3 Å². The second kappa shape index (κ2) is 3.74. The van der Waals surface area contributed by atoms with Gasteiger partial charge in [-0.25, -0.2) is 0 Å². The summed E-state index contributed by atoms with van der Waals surface area (Å²) in [5.41, 5.74) is 1.00. The first-order chi connectivity index (χ1) is 7.22. The first-order valence-electron chi connectivity index (χ1n) is 4.11. The summed E-state index contributed by atoms with van der Waals surface area (Å²) < 4.78 is 4.65. The van der Waals surface area contributed by atoms with Gasteiger partial charge in [-0.15, -0.1) is 0 Å². The Morgan fingerprint density at radius 2 is 2.27 bits per heavy atom. The van der Waals surface area contributed by atoms with Crippen molar-refractivity contribution in [2.75, 3.05) is 0 Å². The summed E-state index contributed by atoms with van der Waals surface area (Å²) >= 11 is 5.68. The molecule has 0 fully saturated rings. The molecule has 0 spiro atoms. The molecule has 4 nitrogen and oxygen atoms in total. The SMILES string of the molecule is O=Cc1conc1-c1ccc(Cl)cc1O. The van der Waals surface area contributed by atoms with E-state index in [4.69, 9.17) is 11.6 Å². The summed E-state index contributed by atoms with van der Waals surface area (Å²) in [6.07, 6.45) is 1.83. The van der Waals surface area contributed by atoms with Crippen molar-refractivity contribution in [1.82, 2.24) is 5.16 Å². The Labute approximate surface area is 90.1 Å². The van der Waals surface area contributed by atoms with Gasteiger partial charge in [0.05, 0.1) is 5.56 Å². The van der Waals surface area contributed by atoms with Crippen LogP contribution in [0.4, 0.5) is 0 Å². The number of carbonyl (C=O) groups excluding carboxylic acids is 1. The van der Waals surface area contributed by atoms with Crippen molar-refractivity contribution in [2.24, 2.45) is 0 Å². The van der Waals surface area contributed by atoms with E-state index in [0.29, 0.717) is 22.6 Å². The minimum atomic E-state index is -0.0421. The smallest absolute Gasteiger partial charge is 0.155 e. The highest BCUT2D eigenvalue weighted by Crippen LogP contribution is 2.31. The van der Waals surface area contributed by atoms with Gasteiger partial charge in [-0.2, -0.15) is 0 Å². The van der Waals surface area contributed by atoms with Crippen molar-refractivity contribution in [1.29, 1.82) is 0 Å². The fourth-order valence-corrected chi connectivity index (χ4v) is 1.40. The normalized spacial score (nSPS) is 10.2. The number of rotatable bonds is 2. The molecule has 76 valence electrons. The molecule has 0 aliphatic carbocycles. The van der Waals surface area contributed by atoms with Crippen LogP contribution in [-0.2, 0) is 0 Å². The van der Waals surface area contributed by atoms with E-state index in [-0.39, 0.29) is 11.3 Å². The predicted molar refractivity (Wildman–Crippen MR) is 54.0 cm³/mol. The maximum atomic E-state index is 10.6. The molecule has 15 heavy (non-hydrogen) atoms. The van der Waals surface area contributed by atoms with Crippen molar-refractivity contribution in [3.05, 3.63) is 35.0 Å². The van der Waals surface area contributed by atoms with E-state index in [9.17, 15) is 9.90 Å². The maximum Gasteiger partial charge on any atom is 0.155 e. The highest BCUT2D eigenvalue weighted by molar-refractivity contribution is 6.30. The van der Waals surface area contributed by atoms with Gasteiger partial charge in [-0.1, -0.05) is 16.8 Å². The molecular formula is C10H6ClNO3. The fourth-order valence-electron chi connectivity index (χ4n) is 1.24. The maximum absolute atomic E-state index is 10.6. The van der Waals surface area contributed by atoms with Gasteiger partial charge in [-0.3, -0.25) is 4.79 Å². The summed E-state index contributed by atoms with van der Waals surface area (Å²) in [6.45, 7) is 0. The summed E-state index contributed by atoms with van der Waals surface area (Å²) in [6, 6.07) is 4.54. The molecule has 0 radical (unpaired) electrons. The molecule has 0 saturated carbocycles. The topological polar surface area (TPSA) is 63.3 Å². The Kier molecular flexibility index (Phi) is 2.43. The zero-order valence-electron chi connectivity index (χ0n) is 7.48. The number of phenolic OH excluding ortho intramolecular Hbond substituents is 1. The highest BCUT2D eigenvalue weighted by atomic mass is 35.5. The van der Waals surface area contributed by atoms with E-state index in [1.54, 1.807) is 12.1 Å². The lowest BCUT2D eigenvalue weighted by Gasteiger charge is -2.01. The van der Waals surface area contributed by atoms with E-state index >= 15 is 0 Å². The number of nitrogens with zero attached hydrogens (tertiary/aromatic N) is 1. The highest BCUT2D eigenvalue weighted by Gasteiger charge is 2.13. The van der Waals surface area contributed by atoms with Crippen molar-refractivity contribution < 1.29 is 14.4 Å². The number of carbonyl (C=O) groups is 1. The standard InChI is InChI=1S/C10H6ClNO3/c11-7-1-2-8(9(14)3-7)10-6(4-13)5-15-12-10/h1-5,14H. The van der Waals surface area contributed by atoms with Gasteiger partial charge in [0.25, 0.3) is 0 Å². The molecule has 0 unspecified atom stereocenters. The summed E-state index contributed by atoms with van der Waals surface area (Å²) in [7, 11) is 0. The summed E-state index contributed by atoms with van der Waals surface area (Å²) in [5.74, 6) is -0.0421. The fraction of sp³-hybridized carbons (Fsp3) is 0. The van der Waals surface area contributed by atoms with Crippen molar-refractivity contribution in [3.8, 4) is 17.0 Å². The molecule has 1 heterocycles. The molecule has 2 aromatic rings. The van der Waals surface area contributed by atoms with Gasteiger partial charge in [0.2, 0.25) is 0 Å². The molecule has 1 aromatic heterocycles. The molecule has 5 heteroatoms. The summed E-state index contributed by atoms with van der Waals surface area (Å²) in [5, 5.41) is 13.6. The predicted octanol–water partition coefficient (Wildman–Crippen LogP) is 2.51. The van der Waals surface area contributed by atoms with Crippen LogP contribution < -0.4 is 0 Å². The molecule has 1 aromatic carbocycles. The van der Waals surface area contributed by atoms with Gasteiger partial charge in [0.1, 0.15) is 17.7 Å². The number of hydrogen-bond donors (Lipinski definition) is 1. The molecule has 0 atom stereocenters. The van der Waals surface area contributed by atoms with Crippen LogP contribution in [0.1, 0.15) is 10.4 Å². The van der Waals surface area contributed by atoms with Crippen molar-refractivity contribution >= 4 is 17.9 Å². The summed E-state index contributed by atoms with van der Waals surface area (Å²) in [4.78, 5) is 10.6. The Morgan fingerprint density at radius 1 is 1.47 bits per heavy atom. The average Bonchev–Trinajstić information content (AvgIpc) is 2.65. The van der Waals surface area contributed by atoms with Crippen molar-refractivity contribution in [3.63, 3.8) is 0 Å². The van der Waals surface area contributed by atoms with E-state index in [2.05, 4.69) is 9.68 Å². The zero-order chi connectivity index (χ0) is 10.8. The molecule has 0 bridgehead atoms. The van der Waals surface area contributed by atoms with Crippen LogP contribution in [0.3, 0.4) is 0 Å². The molecule has 0 saturated heterocycles. The van der Waals surface area contributed by atoms with Crippen LogP contribution in [0.15, 0.2) is 29.0 Å². The largest absolute Gasteiger partial charge is 0.507 e. The van der Waals surface area contributed by atoms with Crippen molar-refractivity contribution in [2.45, 2.75) is 0 Å². The van der Waals surface area contributed by atoms with E-state index in [1.165, 1.54) is 12.3 Å². The lowest BCUT2D eigenvalue weighted by atomic mass is 10.1. The Morgan fingerprint density at radius 3 is 2.93 bits per heavy atom. The lowest BCUT2D eigenvalue weighted by molar-refractivity contribution is 0.112. The monoisotopic (exact) mass is 223 g/mol. The van der Waals surface area contributed by atoms with Gasteiger partial charge in [0.15, 0.2) is 6.29 Å². The first kappa shape index (κ1) is 9.73. The Bertz CT molecular complexity index is 507. The van der Waals surface area contributed by atoms with Crippen LogP contribution in [0, 0.1) is 0 Å². The molecular weight excluding hydrogens is 218 g/mol. The number of halogens is 1. The third-order valence-corrected chi connectivity index (χ3v) is 2.17. The second-order valence-corrected chi connectivity index (χ2v) is 3.33. The van der Waals surface area contributed by atoms with Gasteiger partial charge in [0, 0.05) is 10.6 Å². The van der Waals surface area contributed by atoms with Gasteiger partial charge >= 0.3 is 0 Å². The third kappa shape index (κ3) is 1.71. The minimum absolute atomic E-state index is 0.0421. The van der Waals surface area contributed by atoms with Gasteiger partial charge in [-0.05, 0) is 18.2 Å². The number of aromatic nitrogens is 1. The van der Waals surface area contributed by atoms with Gasteiger partial charge < -0.3 is 9.63 Å². The molecule has 0 aliphatic heterocycles. The molecule has 1 N–H and O–H groups in total.